The molecule has 0 radical (unpaired) electrons. The molecule has 0 aromatic heterocycles. The second kappa shape index (κ2) is 7.51. The summed E-state index contributed by atoms with van der Waals surface area (Å²) in [6.07, 6.45) is -2.23. The molecule has 0 amide bonds. The second-order valence-corrected chi connectivity index (χ2v) is 4.90. The van der Waals surface area contributed by atoms with Crippen LogP contribution >= 0.6 is 24.0 Å². The Balaban J connectivity index is 0.00000180. The molecule has 1 saturated heterocycles. The molecule has 2 N–H and O–H groups in total. The summed E-state index contributed by atoms with van der Waals surface area (Å²) < 4.78 is 36.7. The van der Waals surface area contributed by atoms with Crippen LogP contribution in [0.15, 0.2) is 4.99 Å². The molecule has 2 aliphatic rings. The molecule has 2 aliphatic heterocycles. The highest BCUT2D eigenvalue weighted by molar-refractivity contribution is 14.0. The smallest absolute Gasteiger partial charge is 0.356 e. The van der Waals surface area contributed by atoms with Crippen molar-refractivity contribution in [1.29, 1.82) is 0 Å². The van der Waals surface area contributed by atoms with E-state index in [0.29, 0.717) is 19.6 Å². The summed E-state index contributed by atoms with van der Waals surface area (Å²) in [5.74, 6) is 1.06. The minimum Gasteiger partial charge on any atom is -0.356 e. The van der Waals surface area contributed by atoms with Crippen LogP contribution in [0.25, 0.3) is 0 Å². The maximum atomic E-state index is 12.2. The van der Waals surface area contributed by atoms with Gasteiger partial charge in [0, 0.05) is 26.2 Å². The highest BCUT2D eigenvalue weighted by Crippen LogP contribution is 2.22. The van der Waals surface area contributed by atoms with Crippen molar-refractivity contribution in [3.8, 4) is 0 Å². The van der Waals surface area contributed by atoms with Gasteiger partial charge in [-0.15, -0.1) is 24.0 Å². The summed E-state index contributed by atoms with van der Waals surface area (Å²) in [6.45, 7) is 2.69. The van der Waals surface area contributed by atoms with Crippen molar-refractivity contribution in [2.45, 2.75) is 19.0 Å². The summed E-state index contributed by atoms with van der Waals surface area (Å²) in [6, 6.07) is 0. The molecule has 4 nitrogen and oxygen atoms in total. The van der Waals surface area contributed by atoms with Gasteiger partial charge in [0.25, 0.3) is 0 Å². The Morgan fingerprint density at radius 2 is 2.21 bits per heavy atom. The van der Waals surface area contributed by atoms with Crippen molar-refractivity contribution in [2.24, 2.45) is 10.9 Å². The quantitative estimate of drug-likeness (QED) is 0.715. The lowest BCUT2D eigenvalue weighted by atomic mass is 10.1. The Bertz CT molecular complexity index is 309. The van der Waals surface area contributed by atoms with Gasteiger partial charge in [0.05, 0.1) is 6.54 Å². The molecule has 0 aromatic carbocycles. The van der Waals surface area contributed by atoms with E-state index in [0.717, 1.165) is 31.9 Å². The minimum atomic E-state index is -4.09. The molecule has 0 spiro atoms. The van der Waals surface area contributed by atoms with E-state index in [2.05, 4.69) is 15.6 Å². The fraction of sp³-hybridized carbons (Fsp3) is 0.909. The number of halogens is 4. The molecule has 1 unspecified atom stereocenters. The molecule has 8 heteroatoms. The number of hydrogen-bond donors (Lipinski definition) is 2. The van der Waals surface area contributed by atoms with Gasteiger partial charge in [0.1, 0.15) is 0 Å². The SMILES string of the molecule is FC(F)(F)CN1CCC(CNC2=NCCCN2)C1.I. The first-order chi connectivity index (χ1) is 8.53. The Morgan fingerprint density at radius 1 is 1.42 bits per heavy atom. The lowest BCUT2D eigenvalue weighted by Gasteiger charge is -2.20. The van der Waals surface area contributed by atoms with Gasteiger partial charge in [-0.3, -0.25) is 9.89 Å². The van der Waals surface area contributed by atoms with Crippen molar-refractivity contribution >= 4 is 29.9 Å². The van der Waals surface area contributed by atoms with E-state index in [-0.39, 0.29) is 29.9 Å². The third kappa shape index (κ3) is 6.15. The lowest BCUT2D eigenvalue weighted by Crippen LogP contribution is -2.43. The second-order valence-electron chi connectivity index (χ2n) is 4.90. The first kappa shape index (κ1) is 16.8. The van der Waals surface area contributed by atoms with Gasteiger partial charge in [-0.25, -0.2) is 0 Å². The number of nitrogens with zero attached hydrogens (tertiary/aromatic N) is 2. The van der Waals surface area contributed by atoms with E-state index < -0.39 is 12.7 Å². The number of nitrogens with one attached hydrogen (secondary N) is 2. The predicted molar refractivity (Wildman–Crippen MR) is 78.9 cm³/mol. The van der Waals surface area contributed by atoms with Gasteiger partial charge in [-0.1, -0.05) is 0 Å². The third-order valence-electron chi connectivity index (χ3n) is 3.23. The van der Waals surface area contributed by atoms with Crippen LogP contribution in [-0.2, 0) is 0 Å². The van der Waals surface area contributed by atoms with E-state index in [4.69, 9.17) is 0 Å². The molecular formula is C11H20F3IN4. The zero-order chi connectivity index (χ0) is 13.0. The van der Waals surface area contributed by atoms with Crippen molar-refractivity contribution in [1.82, 2.24) is 15.5 Å². The number of hydrogen-bond acceptors (Lipinski definition) is 4. The van der Waals surface area contributed by atoms with Crippen LogP contribution in [-0.4, -0.2) is 56.3 Å². The summed E-state index contributed by atoms with van der Waals surface area (Å²) in [5.41, 5.74) is 0. The Morgan fingerprint density at radius 3 is 2.84 bits per heavy atom. The average molecular weight is 392 g/mol. The Hall–Kier alpha value is -0.250. The fourth-order valence-electron chi connectivity index (χ4n) is 2.37. The molecule has 1 fully saturated rings. The molecular weight excluding hydrogens is 372 g/mol. The van der Waals surface area contributed by atoms with E-state index in [1.54, 1.807) is 0 Å². The monoisotopic (exact) mass is 392 g/mol. The van der Waals surface area contributed by atoms with Crippen LogP contribution < -0.4 is 10.6 Å². The van der Waals surface area contributed by atoms with Crippen LogP contribution in [0.4, 0.5) is 13.2 Å². The number of alkyl halides is 3. The minimum absolute atomic E-state index is 0. The zero-order valence-corrected chi connectivity index (χ0v) is 13.0. The van der Waals surface area contributed by atoms with Crippen LogP contribution in [0.3, 0.4) is 0 Å². The molecule has 1 atom stereocenters. The van der Waals surface area contributed by atoms with Gasteiger partial charge < -0.3 is 10.6 Å². The van der Waals surface area contributed by atoms with Gasteiger partial charge in [-0.05, 0) is 25.3 Å². The van der Waals surface area contributed by atoms with Crippen molar-refractivity contribution in [3.05, 3.63) is 0 Å². The van der Waals surface area contributed by atoms with Crippen LogP contribution in [0.1, 0.15) is 12.8 Å². The maximum Gasteiger partial charge on any atom is 0.401 e. The molecule has 0 saturated carbocycles. The fourth-order valence-corrected chi connectivity index (χ4v) is 2.37. The number of rotatable bonds is 3. The van der Waals surface area contributed by atoms with Gasteiger partial charge in [-0.2, -0.15) is 13.2 Å². The first-order valence-electron chi connectivity index (χ1n) is 6.34. The summed E-state index contributed by atoms with van der Waals surface area (Å²) in [7, 11) is 0. The van der Waals surface area contributed by atoms with Gasteiger partial charge in [0.2, 0.25) is 0 Å². The number of guanidine groups is 1. The maximum absolute atomic E-state index is 12.2. The molecule has 112 valence electrons. The summed E-state index contributed by atoms with van der Waals surface area (Å²) in [4.78, 5) is 5.74. The molecule has 0 bridgehead atoms. The van der Waals surface area contributed by atoms with Crippen molar-refractivity contribution in [2.75, 3.05) is 39.3 Å². The molecule has 0 aliphatic carbocycles. The van der Waals surface area contributed by atoms with Gasteiger partial charge >= 0.3 is 6.18 Å². The summed E-state index contributed by atoms with van der Waals surface area (Å²) in [5, 5.41) is 6.32. The summed E-state index contributed by atoms with van der Waals surface area (Å²) >= 11 is 0. The molecule has 2 rings (SSSR count). The molecule has 19 heavy (non-hydrogen) atoms. The van der Waals surface area contributed by atoms with Crippen LogP contribution in [0.2, 0.25) is 0 Å². The first-order valence-corrected chi connectivity index (χ1v) is 6.34. The lowest BCUT2D eigenvalue weighted by molar-refractivity contribution is -0.143. The largest absolute Gasteiger partial charge is 0.401 e. The predicted octanol–water partition coefficient (Wildman–Crippen LogP) is 1.43. The van der Waals surface area contributed by atoms with Gasteiger partial charge in [0.15, 0.2) is 5.96 Å². The van der Waals surface area contributed by atoms with Crippen LogP contribution in [0.5, 0.6) is 0 Å². The Labute approximate surface area is 128 Å². The molecule has 2 heterocycles. The zero-order valence-electron chi connectivity index (χ0n) is 10.7. The highest BCUT2D eigenvalue weighted by atomic mass is 127. The number of aliphatic imine (C=N–C) groups is 1. The highest BCUT2D eigenvalue weighted by Gasteiger charge is 2.34. The topological polar surface area (TPSA) is 39.7 Å². The van der Waals surface area contributed by atoms with Crippen molar-refractivity contribution < 1.29 is 13.2 Å². The average Bonchev–Trinajstić information content (AvgIpc) is 2.73. The van der Waals surface area contributed by atoms with E-state index >= 15 is 0 Å². The number of likely N-dealkylation sites (tertiary alicyclic amines) is 1. The standard InChI is InChI=1S/C11H19F3N4.HI/c12-11(13,14)8-18-5-2-9(7-18)6-17-10-15-3-1-4-16-10;/h9H,1-8H2,(H2,15,16,17);1H. The van der Waals surface area contributed by atoms with Crippen LogP contribution in [0, 0.1) is 5.92 Å². The van der Waals surface area contributed by atoms with E-state index in [9.17, 15) is 13.2 Å². The molecule has 0 aromatic rings. The third-order valence-corrected chi connectivity index (χ3v) is 3.23. The van der Waals surface area contributed by atoms with E-state index in [1.807, 2.05) is 0 Å². The Kier molecular flexibility index (Phi) is 6.64. The van der Waals surface area contributed by atoms with E-state index in [1.165, 1.54) is 4.90 Å². The van der Waals surface area contributed by atoms with Crippen molar-refractivity contribution in [3.63, 3.8) is 0 Å². The normalized spacial score (nSPS) is 24.4.